The van der Waals surface area contributed by atoms with Crippen LogP contribution in [0.3, 0.4) is 0 Å². The molecular formula is C28H27N7O11S2. The van der Waals surface area contributed by atoms with Crippen LogP contribution >= 0.6 is 23.1 Å². The molecule has 3 aromatic rings. The summed E-state index contributed by atoms with van der Waals surface area (Å²) in [5, 5.41) is 45.7. The van der Waals surface area contributed by atoms with Gasteiger partial charge in [0.1, 0.15) is 22.8 Å². The summed E-state index contributed by atoms with van der Waals surface area (Å²) in [4.78, 5) is 87.2. The number of ketones is 1. The number of aromatic hydroxyl groups is 2. The van der Waals surface area contributed by atoms with Crippen LogP contribution in [0.5, 0.6) is 11.5 Å². The van der Waals surface area contributed by atoms with Gasteiger partial charge in [0.25, 0.3) is 11.8 Å². The minimum atomic E-state index is -1.84. The number of pyridine rings is 1. The smallest absolute Gasteiger partial charge is 0.352 e. The Bertz CT molecular complexity index is 2050. The lowest BCUT2D eigenvalue weighted by atomic mass is 9.94. The van der Waals surface area contributed by atoms with E-state index in [0.717, 1.165) is 40.1 Å². The van der Waals surface area contributed by atoms with E-state index in [1.54, 1.807) is 0 Å². The van der Waals surface area contributed by atoms with Crippen molar-refractivity contribution in [1.29, 1.82) is 0 Å². The zero-order chi connectivity index (χ0) is 35.4. The summed E-state index contributed by atoms with van der Waals surface area (Å²) in [6, 6.07) is -0.829. The summed E-state index contributed by atoms with van der Waals surface area (Å²) in [7, 11) is 1.48. The van der Waals surface area contributed by atoms with Crippen molar-refractivity contribution in [2.45, 2.75) is 36.9 Å². The first-order valence-corrected chi connectivity index (χ1v) is 15.6. The number of nitrogens with zero attached hydrogens (tertiary/aromatic N) is 4. The number of oxime groups is 1. The summed E-state index contributed by atoms with van der Waals surface area (Å²) in [5.74, 6) is -7.05. The highest BCUT2D eigenvalue weighted by Crippen LogP contribution is 2.41. The Morgan fingerprint density at radius 3 is 2.44 bits per heavy atom. The number of hydrogen-bond donors (Lipinski definition) is 7. The van der Waals surface area contributed by atoms with Gasteiger partial charge >= 0.3 is 11.9 Å². The SMILES string of the molecule is Cn1cc(C(=O)C(N)C2=C(C(=O)O)N3C(=O)C(NC(=O)/C(=N\OC(C)(C)C(=O)O)c4csc(N)n4)[C@H]3SC2)c(=O)c2cc(O)c(O)cc21. The molecule has 0 saturated carbocycles. The van der Waals surface area contributed by atoms with Crippen LogP contribution in [-0.4, -0.2) is 98.9 Å². The summed E-state index contributed by atoms with van der Waals surface area (Å²) in [6.07, 6.45) is 1.17. The molecule has 0 aliphatic carbocycles. The maximum Gasteiger partial charge on any atom is 0.352 e. The van der Waals surface area contributed by atoms with Gasteiger partial charge in [-0.2, -0.15) is 0 Å². The third kappa shape index (κ3) is 5.80. The molecule has 5 rings (SSSR count). The highest BCUT2D eigenvalue weighted by atomic mass is 32.2. The molecule has 0 spiro atoms. The Morgan fingerprint density at radius 1 is 1.17 bits per heavy atom. The number of carboxylic acid groups (broad SMARTS) is 2. The van der Waals surface area contributed by atoms with E-state index in [4.69, 9.17) is 16.3 Å². The minimum Gasteiger partial charge on any atom is -0.504 e. The Morgan fingerprint density at radius 2 is 1.83 bits per heavy atom. The number of nitrogens with one attached hydrogen (secondary N) is 1. The lowest BCUT2D eigenvalue weighted by molar-refractivity contribution is -0.161. The second kappa shape index (κ2) is 12.3. The van der Waals surface area contributed by atoms with Crippen LogP contribution in [0.25, 0.3) is 10.9 Å². The molecule has 2 unspecified atom stereocenters. The molecule has 20 heteroatoms. The number of fused-ring (bicyclic) bond motifs is 2. The number of benzene rings is 1. The van der Waals surface area contributed by atoms with Crippen molar-refractivity contribution >= 4 is 74.4 Å². The average molecular weight is 702 g/mol. The standard InChI is InChI=1S/C28H27N7O11S2/c1-28(2,26(44)45)46-33-17(12-8-48-27(30)31-12)22(40)32-18-23(41)35-19(25(42)43)11(7-47-24(18)35)16(29)21(39)10-6-34(3)13-5-15(37)14(36)4-9(13)20(10)38/h4-6,8,16,18,24,36-37H,7,29H2,1-3H3,(H2,30,31)(H,32,40)(H,42,43)(H,44,45)/b33-17-/t16?,18?,24-/m1/s1. The lowest BCUT2D eigenvalue weighted by Crippen LogP contribution is -2.71. The molecule has 1 saturated heterocycles. The van der Waals surface area contributed by atoms with E-state index in [-0.39, 0.29) is 33.1 Å². The first-order valence-electron chi connectivity index (χ1n) is 13.7. The van der Waals surface area contributed by atoms with E-state index >= 15 is 0 Å². The van der Waals surface area contributed by atoms with Gasteiger partial charge in [-0.1, -0.05) is 5.16 Å². The predicted octanol–water partition coefficient (Wildman–Crippen LogP) is -0.479. The van der Waals surface area contributed by atoms with Gasteiger partial charge in [-0.25, -0.2) is 14.6 Å². The molecule has 1 fully saturated rings. The van der Waals surface area contributed by atoms with Crippen molar-refractivity contribution in [3.05, 3.63) is 56.5 Å². The fourth-order valence-electron chi connectivity index (χ4n) is 4.90. The molecule has 0 bridgehead atoms. The maximum absolute atomic E-state index is 13.5. The Kier molecular flexibility index (Phi) is 8.67. The summed E-state index contributed by atoms with van der Waals surface area (Å²) in [6.45, 7) is 2.38. The maximum atomic E-state index is 13.5. The monoisotopic (exact) mass is 701 g/mol. The number of anilines is 1. The molecule has 252 valence electrons. The fraction of sp³-hybridized carbons (Fsp3) is 0.286. The Balaban J connectivity index is 1.42. The molecular weight excluding hydrogens is 674 g/mol. The predicted molar refractivity (Wildman–Crippen MR) is 170 cm³/mol. The van der Waals surface area contributed by atoms with Gasteiger partial charge in [0.2, 0.25) is 5.60 Å². The molecule has 48 heavy (non-hydrogen) atoms. The number of nitrogen functional groups attached to an aromatic ring is 1. The average Bonchev–Trinajstić information content (AvgIpc) is 3.46. The number of hydrogen-bond acceptors (Lipinski definition) is 15. The number of amides is 2. The van der Waals surface area contributed by atoms with E-state index in [9.17, 15) is 49.2 Å². The molecule has 1 aromatic carbocycles. The van der Waals surface area contributed by atoms with Gasteiger partial charge < -0.3 is 46.6 Å². The van der Waals surface area contributed by atoms with E-state index < -0.39 is 86.5 Å². The lowest BCUT2D eigenvalue weighted by Gasteiger charge is -2.49. The number of phenolic OH excluding ortho intramolecular Hbond substituents is 2. The number of carboxylic acids is 2. The van der Waals surface area contributed by atoms with Crippen LogP contribution in [0, 0.1) is 0 Å². The molecule has 18 nitrogen and oxygen atoms in total. The second-order valence-corrected chi connectivity index (χ2v) is 13.1. The number of aryl methyl sites for hydroxylation is 1. The van der Waals surface area contributed by atoms with E-state index in [2.05, 4.69) is 15.5 Å². The number of nitrogens with two attached hydrogens (primary N) is 2. The quantitative estimate of drug-likeness (QED) is 0.0462. The van der Waals surface area contributed by atoms with E-state index in [1.165, 1.54) is 37.0 Å². The van der Waals surface area contributed by atoms with Crippen LogP contribution < -0.4 is 22.2 Å². The van der Waals surface area contributed by atoms with Crippen LogP contribution in [0.4, 0.5) is 5.13 Å². The van der Waals surface area contributed by atoms with Gasteiger partial charge in [0.05, 0.1) is 22.5 Å². The minimum absolute atomic E-state index is 0.0605. The van der Waals surface area contributed by atoms with Crippen LogP contribution in [-0.2, 0) is 31.1 Å². The number of β-lactam (4-membered cyclic amide) rings is 1. The van der Waals surface area contributed by atoms with Gasteiger partial charge in [-0.3, -0.25) is 24.1 Å². The molecule has 2 aliphatic heterocycles. The van der Waals surface area contributed by atoms with Crippen molar-refractivity contribution in [1.82, 2.24) is 19.8 Å². The molecule has 2 aliphatic rings. The highest BCUT2D eigenvalue weighted by molar-refractivity contribution is 8.00. The normalized spacial score (nSPS) is 18.6. The summed E-state index contributed by atoms with van der Waals surface area (Å²) < 4.78 is 1.35. The van der Waals surface area contributed by atoms with Crippen molar-refractivity contribution in [3.63, 3.8) is 0 Å². The van der Waals surface area contributed by atoms with Gasteiger partial charge in [-0.15, -0.1) is 23.1 Å². The first-order chi connectivity index (χ1) is 22.4. The molecule has 3 atom stereocenters. The number of carbonyl (C=O) groups excluding carboxylic acids is 3. The van der Waals surface area contributed by atoms with E-state index in [0.29, 0.717) is 0 Å². The van der Waals surface area contributed by atoms with Gasteiger partial charge in [-0.05, 0) is 25.5 Å². The van der Waals surface area contributed by atoms with E-state index in [1.807, 2.05) is 0 Å². The van der Waals surface area contributed by atoms with Crippen LogP contribution in [0.2, 0.25) is 0 Å². The van der Waals surface area contributed by atoms with Crippen molar-refractivity contribution in [2.24, 2.45) is 17.9 Å². The molecule has 2 amide bonds. The highest BCUT2D eigenvalue weighted by Gasteiger charge is 2.55. The number of thioether (sulfide) groups is 1. The zero-order valence-electron chi connectivity index (χ0n) is 25.2. The van der Waals surface area contributed by atoms with Crippen molar-refractivity contribution in [3.8, 4) is 11.5 Å². The molecule has 0 radical (unpaired) electrons. The third-order valence-corrected chi connectivity index (χ3v) is 9.53. The topological polar surface area (TPSA) is 290 Å². The van der Waals surface area contributed by atoms with Crippen molar-refractivity contribution < 1.29 is 49.2 Å². The summed E-state index contributed by atoms with van der Waals surface area (Å²) >= 11 is 1.95. The van der Waals surface area contributed by atoms with Gasteiger partial charge in [0, 0.05) is 30.4 Å². The van der Waals surface area contributed by atoms with Crippen LogP contribution in [0.15, 0.2) is 44.9 Å². The van der Waals surface area contributed by atoms with Gasteiger partial charge in [0.15, 0.2) is 33.6 Å². The first kappa shape index (κ1) is 33.9. The Hall–Kier alpha value is -5.47. The van der Waals surface area contributed by atoms with Crippen molar-refractivity contribution in [2.75, 3.05) is 11.5 Å². The Labute approximate surface area is 277 Å². The number of aromatic nitrogens is 2. The summed E-state index contributed by atoms with van der Waals surface area (Å²) in [5.41, 5.74) is 7.71. The number of thiazole rings is 1. The number of Topliss-reactive ketones (excluding diaryl/α,β-unsaturated/α-hetero) is 1. The van der Waals surface area contributed by atoms with Crippen LogP contribution in [0.1, 0.15) is 29.9 Å². The molecule has 9 N–H and O–H groups in total. The number of aliphatic carboxylic acids is 2. The second-order valence-electron chi connectivity index (χ2n) is 11.1. The number of rotatable bonds is 10. The zero-order valence-corrected chi connectivity index (χ0v) is 26.8. The molecule has 4 heterocycles. The third-order valence-electron chi connectivity index (χ3n) is 7.55. The fourth-order valence-corrected chi connectivity index (χ4v) is 6.85. The largest absolute Gasteiger partial charge is 0.504 e. The number of carbonyl (C=O) groups is 5. The molecule has 2 aromatic heterocycles. The number of phenols is 2.